The van der Waals surface area contributed by atoms with E-state index in [9.17, 15) is 18.4 Å². The Morgan fingerprint density at radius 2 is 2.04 bits per heavy atom. The van der Waals surface area contributed by atoms with Crippen LogP contribution < -0.4 is 15.6 Å². The zero-order chi connectivity index (χ0) is 17.9. The first-order valence-electron chi connectivity index (χ1n) is 7.18. The van der Waals surface area contributed by atoms with Gasteiger partial charge in [-0.05, 0) is 38.0 Å². The molecule has 1 heterocycles. The number of aromatic nitrogens is 2. The highest BCUT2D eigenvalue weighted by Gasteiger charge is 2.17. The maximum atomic E-state index is 12.4. The molecule has 0 saturated heterocycles. The Bertz CT molecular complexity index is 819. The Morgan fingerprint density at radius 3 is 2.71 bits per heavy atom. The van der Waals surface area contributed by atoms with Crippen LogP contribution >= 0.6 is 0 Å². The minimum Gasteiger partial charge on any atom is -0.487 e. The summed E-state index contributed by atoms with van der Waals surface area (Å²) in [4.78, 5) is 24.2. The second-order valence-corrected chi connectivity index (χ2v) is 5.27. The molecule has 0 fully saturated rings. The number of halogens is 2. The standard InChI is InChI=1S/C16H17F2N3O3/c1-8-4-5-11(6-12(8)24-7-13(17)18)19-15(22)14-9(2)10(3)20-21-16(14)23/h4-6,13H,7H2,1-3H3,(H,19,22)(H,21,23). The van der Waals surface area contributed by atoms with Gasteiger partial charge in [-0.2, -0.15) is 5.10 Å². The number of benzene rings is 1. The van der Waals surface area contributed by atoms with Crippen LogP contribution in [0.5, 0.6) is 5.75 Å². The molecule has 0 spiro atoms. The third-order valence-corrected chi connectivity index (χ3v) is 3.51. The van der Waals surface area contributed by atoms with Gasteiger partial charge in [-0.3, -0.25) is 9.59 Å². The molecule has 2 rings (SSSR count). The lowest BCUT2D eigenvalue weighted by Crippen LogP contribution is -2.26. The van der Waals surface area contributed by atoms with Crippen LogP contribution in [-0.4, -0.2) is 29.1 Å². The second-order valence-electron chi connectivity index (χ2n) is 5.27. The van der Waals surface area contributed by atoms with Gasteiger partial charge in [-0.25, -0.2) is 13.9 Å². The van der Waals surface area contributed by atoms with Crippen LogP contribution in [0.1, 0.15) is 27.2 Å². The molecule has 1 aromatic carbocycles. The van der Waals surface area contributed by atoms with E-state index in [1.54, 1.807) is 32.9 Å². The molecule has 6 nitrogen and oxygen atoms in total. The predicted octanol–water partition coefficient (Wildman–Crippen LogP) is 2.59. The Balaban J connectivity index is 2.25. The molecule has 0 atom stereocenters. The van der Waals surface area contributed by atoms with Crippen molar-refractivity contribution in [2.24, 2.45) is 0 Å². The molecule has 24 heavy (non-hydrogen) atoms. The van der Waals surface area contributed by atoms with E-state index in [1.807, 2.05) is 0 Å². The maximum absolute atomic E-state index is 12.4. The molecule has 1 aromatic heterocycles. The summed E-state index contributed by atoms with van der Waals surface area (Å²) in [6.07, 6.45) is -2.59. The molecule has 0 radical (unpaired) electrons. The van der Waals surface area contributed by atoms with E-state index in [-0.39, 0.29) is 11.3 Å². The van der Waals surface area contributed by atoms with Crippen molar-refractivity contribution < 1.29 is 18.3 Å². The molecule has 2 N–H and O–H groups in total. The lowest BCUT2D eigenvalue weighted by atomic mass is 10.1. The van der Waals surface area contributed by atoms with Crippen molar-refractivity contribution in [3.63, 3.8) is 0 Å². The summed E-state index contributed by atoms with van der Waals surface area (Å²) in [6, 6.07) is 4.67. The number of amides is 1. The van der Waals surface area contributed by atoms with E-state index in [1.165, 1.54) is 6.07 Å². The molecule has 8 heteroatoms. The minimum absolute atomic E-state index is 0.0434. The van der Waals surface area contributed by atoms with Gasteiger partial charge in [0.25, 0.3) is 17.9 Å². The molecule has 0 bridgehead atoms. The van der Waals surface area contributed by atoms with Crippen LogP contribution in [0.25, 0.3) is 0 Å². The van der Waals surface area contributed by atoms with Crippen molar-refractivity contribution in [3.8, 4) is 5.75 Å². The average molecular weight is 337 g/mol. The second kappa shape index (κ2) is 7.20. The van der Waals surface area contributed by atoms with E-state index in [2.05, 4.69) is 15.5 Å². The normalized spacial score (nSPS) is 10.8. The van der Waals surface area contributed by atoms with Gasteiger partial charge in [0.15, 0.2) is 0 Å². The number of anilines is 1. The molecule has 0 aliphatic rings. The predicted molar refractivity (Wildman–Crippen MR) is 85.0 cm³/mol. The Morgan fingerprint density at radius 1 is 1.33 bits per heavy atom. The molecule has 0 aliphatic carbocycles. The van der Waals surface area contributed by atoms with E-state index in [4.69, 9.17) is 4.74 Å². The maximum Gasteiger partial charge on any atom is 0.277 e. The fourth-order valence-electron chi connectivity index (χ4n) is 2.08. The monoisotopic (exact) mass is 337 g/mol. The first-order chi connectivity index (χ1) is 11.3. The van der Waals surface area contributed by atoms with Crippen molar-refractivity contribution in [1.82, 2.24) is 10.2 Å². The highest BCUT2D eigenvalue weighted by atomic mass is 19.3. The minimum atomic E-state index is -2.59. The van der Waals surface area contributed by atoms with Gasteiger partial charge in [-0.1, -0.05) is 6.07 Å². The van der Waals surface area contributed by atoms with Gasteiger partial charge in [0.05, 0.1) is 5.69 Å². The van der Waals surface area contributed by atoms with Crippen molar-refractivity contribution >= 4 is 11.6 Å². The lowest BCUT2D eigenvalue weighted by Gasteiger charge is -2.12. The fourth-order valence-corrected chi connectivity index (χ4v) is 2.08. The number of alkyl halides is 2. The summed E-state index contributed by atoms with van der Waals surface area (Å²) >= 11 is 0. The number of aryl methyl sites for hydroxylation is 2. The molecule has 0 unspecified atom stereocenters. The number of carbonyl (C=O) groups excluding carboxylic acids is 1. The number of hydrogen-bond acceptors (Lipinski definition) is 4. The van der Waals surface area contributed by atoms with Gasteiger partial charge in [0.2, 0.25) is 0 Å². The largest absolute Gasteiger partial charge is 0.487 e. The summed E-state index contributed by atoms with van der Waals surface area (Å²) in [6.45, 7) is 4.26. The molecular weight excluding hydrogens is 320 g/mol. The first-order valence-corrected chi connectivity index (χ1v) is 7.18. The highest BCUT2D eigenvalue weighted by Crippen LogP contribution is 2.23. The summed E-state index contributed by atoms with van der Waals surface area (Å²) in [5, 5.41) is 8.61. The van der Waals surface area contributed by atoms with Crippen LogP contribution in [0.3, 0.4) is 0 Å². The third-order valence-electron chi connectivity index (χ3n) is 3.51. The molecule has 1 amide bonds. The zero-order valence-electron chi connectivity index (χ0n) is 13.4. The quantitative estimate of drug-likeness (QED) is 0.878. The van der Waals surface area contributed by atoms with Crippen molar-refractivity contribution in [3.05, 3.63) is 50.9 Å². The van der Waals surface area contributed by atoms with Crippen LogP contribution in [0.2, 0.25) is 0 Å². The Kier molecular flexibility index (Phi) is 5.28. The smallest absolute Gasteiger partial charge is 0.277 e. The number of nitrogens with zero attached hydrogens (tertiary/aromatic N) is 1. The van der Waals surface area contributed by atoms with Gasteiger partial charge in [-0.15, -0.1) is 0 Å². The highest BCUT2D eigenvalue weighted by molar-refractivity contribution is 6.05. The van der Waals surface area contributed by atoms with Gasteiger partial charge in [0.1, 0.15) is 17.9 Å². The zero-order valence-corrected chi connectivity index (χ0v) is 13.4. The number of nitrogens with one attached hydrogen (secondary N) is 2. The lowest BCUT2D eigenvalue weighted by molar-refractivity contribution is 0.0815. The number of H-pyrrole nitrogens is 1. The van der Waals surface area contributed by atoms with Crippen molar-refractivity contribution in [2.45, 2.75) is 27.2 Å². The van der Waals surface area contributed by atoms with Crippen molar-refractivity contribution in [2.75, 3.05) is 11.9 Å². The summed E-state index contributed by atoms with van der Waals surface area (Å²) in [5.41, 5.74) is 1.35. The van der Waals surface area contributed by atoms with E-state index < -0.39 is 24.5 Å². The first kappa shape index (κ1) is 17.6. The number of ether oxygens (including phenoxy) is 1. The van der Waals surface area contributed by atoms with Crippen LogP contribution in [0.15, 0.2) is 23.0 Å². The van der Waals surface area contributed by atoms with Gasteiger partial charge < -0.3 is 10.1 Å². The number of hydrogen-bond donors (Lipinski definition) is 2. The Labute approximate surface area is 136 Å². The SMILES string of the molecule is Cc1ccc(NC(=O)c2c(C)c(C)n[nH]c2=O)cc1OCC(F)F. The van der Waals surface area contributed by atoms with E-state index in [0.717, 1.165) is 0 Å². The summed E-state index contributed by atoms with van der Waals surface area (Å²) in [5.74, 6) is -0.368. The summed E-state index contributed by atoms with van der Waals surface area (Å²) in [7, 11) is 0. The van der Waals surface area contributed by atoms with Gasteiger partial charge in [0, 0.05) is 11.8 Å². The van der Waals surface area contributed by atoms with Gasteiger partial charge >= 0.3 is 0 Å². The molecule has 0 aliphatic heterocycles. The third kappa shape index (κ3) is 3.95. The molecule has 2 aromatic rings. The van der Waals surface area contributed by atoms with E-state index in [0.29, 0.717) is 22.5 Å². The summed E-state index contributed by atoms with van der Waals surface area (Å²) < 4.78 is 29.6. The number of rotatable bonds is 5. The topological polar surface area (TPSA) is 84.1 Å². The van der Waals surface area contributed by atoms with Crippen LogP contribution in [0.4, 0.5) is 14.5 Å². The van der Waals surface area contributed by atoms with E-state index >= 15 is 0 Å². The average Bonchev–Trinajstić information content (AvgIpc) is 2.51. The molecular formula is C16H17F2N3O3. The number of aromatic amines is 1. The van der Waals surface area contributed by atoms with Crippen molar-refractivity contribution in [1.29, 1.82) is 0 Å². The Hall–Kier alpha value is -2.77. The van der Waals surface area contributed by atoms with Crippen LogP contribution in [-0.2, 0) is 0 Å². The molecule has 128 valence electrons. The number of carbonyl (C=O) groups is 1. The van der Waals surface area contributed by atoms with Crippen LogP contribution in [0, 0.1) is 20.8 Å². The fraction of sp³-hybridized carbons (Fsp3) is 0.312. The molecule has 0 saturated carbocycles.